The predicted molar refractivity (Wildman–Crippen MR) is 194 cm³/mol. The number of amides is 3. The van der Waals surface area contributed by atoms with E-state index in [9.17, 15) is 24.3 Å². The Morgan fingerprint density at radius 1 is 0.700 bits per heavy atom. The van der Waals surface area contributed by atoms with E-state index in [1.807, 2.05) is 30.3 Å². The molecule has 0 fully saturated rings. The molecule has 0 aliphatic rings. The zero-order valence-electron chi connectivity index (χ0n) is 27.1. The van der Waals surface area contributed by atoms with E-state index in [1.165, 1.54) is 44.2 Å². The summed E-state index contributed by atoms with van der Waals surface area (Å²) < 4.78 is 10.8. The number of carboxylic acids is 1. The molecule has 0 radical (unpaired) electrons. The van der Waals surface area contributed by atoms with Crippen molar-refractivity contribution in [2.24, 2.45) is 0 Å². The van der Waals surface area contributed by atoms with Crippen molar-refractivity contribution in [3.8, 4) is 11.5 Å². The summed E-state index contributed by atoms with van der Waals surface area (Å²) in [6, 6.07) is 35.8. The molecule has 50 heavy (non-hydrogen) atoms. The van der Waals surface area contributed by atoms with Crippen LogP contribution in [0.5, 0.6) is 11.5 Å². The Hall–Kier alpha value is -6.33. The van der Waals surface area contributed by atoms with Crippen LogP contribution in [0.25, 0.3) is 6.08 Å². The van der Waals surface area contributed by atoms with Gasteiger partial charge < -0.3 is 30.5 Å². The second-order valence-corrected chi connectivity index (χ2v) is 11.9. The van der Waals surface area contributed by atoms with E-state index in [1.54, 1.807) is 84.9 Å². The van der Waals surface area contributed by atoms with Gasteiger partial charge in [-0.15, -0.1) is 11.8 Å². The van der Waals surface area contributed by atoms with Gasteiger partial charge in [-0.05, 0) is 78.4 Å². The van der Waals surface area contributed by atoms with Crippen molar-refractivity contribution >= 4 is 52.9 Å². The Bertz CT molecular complexity index is 2020. The fourth-order valence-corrected chi connectivity index (χ4v) is 5.85. The van der Waals surface area contributed by atoms with E-state index >= 15 is 0 Å². The van der Waals surface area contributed by atoms with Crippen LogP contribution in [0.4, 0.5) is 11.4 Å². The van der Waals surface area contributed by atoms with Gasteiger partial charge in [0, 0.05) is 33.5 Å². The van der Waals surface area contributed by atoms with E-state index in [4.69, 9.17) is 9.47 Å². The lowest BCUT2D eigenvalue weighted by Gasteiger charge is -2.18. The van der Waals surface area contributed by atoms with Gasteiger partial charge in [0.25, 0.3) is 11.8 Å². The first-order chi connectivity index (χ1) is 24.2. The molecule has 1 unspecified atom stereocenters. The number of aromatic carboxylic acids is 1. The second kappa shape index (κ2) is 16.7. The summed E-state index contributed by atoms with van der Waals surface area (Å²) >= 11 is 1.29. The van der Waals surface area contributed by atoms with Crippen molar-refractivity contribution in [2.45, 2.75) is 10.1 Å². The van der Waals surface area contributed by atoms with Crippen LogP contribution in [0.15, 0.2) is 138 Å². The standard InChI is InChI=1S/C39H33N3O7S/c1-48-31-19-16-27(34(24-31)49-2)23-33(42-36(43)26-12-7-4-8-13-26)37(44)40-29-17-20-32(21-18-29)50-35(25-10-5-3-6-11-25)38(45)41-30-15-9-14-28(22-30)39(46)47/h3-24,35H,1-2H3,(H,40,44)(H,41,45)(H,42,43)(H,46,47)/b33-23-. The highest BCUT2D eigenvalue weighted by Crippen LogP contribution is 2.37. The first-order valence-electron chi connectivity index (χ1n) is 15.3. The first kappa shape index (κ1) is 35.0. The molecule has 0 saturated heterocycles. The molecular weight excluding hydrogens is 655 g/mol. The maximum atomic E-state index is 13.6. The molecule has 5 aromatic carbocycles. The molecule has 0 heterocycles. The Balaban J connectivity index is 1.36. The quantitative estimate of drug-likeness (QED) is 0.0747. The van der Waals surface area contributed by atoms with Gasteiger partial charge in [-0.2, -0.15) is 0 Å². The maximum absolute atomic E-state index is 13.6. The summed E-state index contributed by atoms with van der Waals surface area (Å²) in [7, 11) is 3.03. The average Bonchev–Trinajstić information content (AvgIpc) is 3.15. The zero-order chi connectivity index (χ0) is 35.5. The van der Waals surface area contributed by atoms with Crippen LogP contribution in [-0.4, -0.2) is 43.0 Å². The smallest absolute Gasteiger partial charge is 0.335 e. The van der Waals surface area contributed by atoms with Crippen LogP contribution in [0.1, 0.15) is 37.1 Å². The van der Waals surface area contributed by atoms with E-state index < -0.39 is 23.0 Å². The van der Waals surface area contributed by atoms with Gasteiger partial charge in [0.05, 0.1) is 19.8 Å². The number of rotatable bonds is 13. The van der Waals surface area contributed by atoms with Gasteiger partial charge in [-0.3, -0.25) is 14.4 Å². The van der Waals surface area contributed by atoms with Crippen molar-refractivity contribution in [3.05, 3.63) is 155 Å². The maximum Gasteiger partial charge on any atom is 0.335 e. The molecule has 11 heteroatoms. The Labute approximate surface area is 293 Å². The molecule has 0 aromatic heterocycles. The molecule has 0 bridgehead atoms. The van der Waals surface area contributed by atoms with Gasteiger partial charge in [0.1, 0.15) is 22.4 Å². The third-order valence-electron chi connectivity index (χ3n) is 7.35. The molecule has 0 aliphatic carbocycles. The van der Waals surface area contributed by atoms with Gasteiger partial charge in [-0.1, -0.05) is 54.6 Å². The molecule has 0 spiro atoms. The summed E-state index contributed by atoms with van der Waals surface area (Å²) in [5.74, 6) is -1.46. The normalized spacial score (nSPS) is 11.5. The number of hydrogen-bond donors (Lipinski definition) is 4. The minimum atomic E-state index is -1.09. The SMILES string of the molecule is COc1ccc(/C=C(\NC(=O)c2ccccc2)C(=O)Nc2ccc(SC(C(=O)Nc3cccc(C(=O)O)c3)c3ccccc3)cc2)c(OC)c1. The fourth-order valence-electron chi connectivity index (χ4n) is 4.83. The van der Waals surface area contributed by atoms with E-state index in [2.05, 4.69) is 16.0 Å². The van der Waals surface area contributed by atoms with Crippen LogP contribution >= 0.6 is 11.8 Å². The van der Waals surface area contributed by atoms with E-state index in [0.717, 1.165) is 10.5 Å². The minimum Gasteiger partial charge on any atom is -0.497 e. The second-order valence-electron chi connectivity index (χ2n) is 10.7. The summed E-state index contributed by atoms with van der Waals surface area (Å²) in [5, 5.41) is 17.1. The van der Waals surface area contributed by atoms with Crippen molar-refractivity contribution in [1.29, 1.82) is 0 Å². The molecule has 10 nitrogen and oxygen atoms in total. The molecule has 0 aliphatic heterocycles. The molecule has 0 saturated carbocycles. The number of carbonyl (C=O) groups is 4. The van der Waals surface area contributed by atoms with Crippen molar-refractivity contribution in [2.75, 3.05) is 24.9 Å². The lowest BCUT2D eigenvalue weighted by Crippen LogP contribution is -2.30. The van der Waals surface area contributed by atoms with Gasteiger partial charge >= 0.3 is 5.97 Å². The summed E-state index contributed by atoms with van der Waals surface area (Å²) in [6.07, 6.45) is 1.52. The predicted octanol–water partition coefficient (Wildman–Crippen LogP) is 7.28. The highest BCUT2D eigenvalue weighted by Gasteiger charge is 2.23. The van der Waals surface area contributed by atoms with Gasteiger partial charge in [-0.25, -0.2) is 4.79 Å². The number of hydrogen-bond acceptors (Lipinski definition) is 7. The number of methoxy groups -OCH3 is 2. The van der Waals surface area contributed by atoms with Gasteiger partial charge in [0.15, 0.2) is 0 Å². The molecular formula is C39H33N3O7S. The third-order valence-corrected chi connectivity index (χ3v) is 8.62. The minimum absolute atomic E-state index is 0.0199. The summed E-state index contributed by atoms with van der Waals surface area (Å²) in [6.45, 7) is 0. The number of ether oxygens (including phenoxy) is 2. The highest BCUT2D eigenvalue weighted by molar-refractivity contribution is 8.00. The molecule has 5 aromatic rings. The van der Waals surface area contributed by atoms with E-state index in [0.29, 0.717) is 34.0 Å². The van der Waals surface area contributed by atoms with E-state index in [-0.39, 0.29) is 17.2 Å². The molecule has 5 rings (SSSR count). The highest BCUT2D eigenvalue weighted by atomic mass is 32.2. The number of nitrogens with one attached hydrogen (secondary N) is 3. The molecule has 3 amide bonds. The first-order valence-corrected chi connectivity index (χ1v) is 16.2. The molecule has 1 atom stereocenters. The number of anilines is 2. The molecule has 252 valence electrons. The number of carboxylic acid groups (broad SMARTS) is 1. The molecule has 4 N–H and O–H groups in total. The van der Waals surface area contributed by atoms with Crippen molar-refractivity contribution in [1.82, 2.24) is 5.32 Å². The van der Waals surface area contributed by atoms with Crippen molar-refractivity contribution < 1.29 is 33.8 Å². The van der Waals surface area contributed by atoms with Crippen LogP contribution in [0.2, 0.25) is 0 Å². The fraction of sp³-hybridized carbons (Fsp3) is 0.0769. The Morgan fingerprint density at radius 2 is 1.38 bits per heavy atom. The number of benzene rings is 5. The van der Waals surface area contributed by atoms with Crippen LogP contribution < -0.4 is 25.4 Å². The van der Waals surface area contributed by atoms with Crippen LogP contribution in [-0.2, 0) is 9.59 Å². The lowest BCUT2D eigenvalue weighted by molar-refractivity contribution is -0.116. The zero-order valence-corrected chi connectivity index (χ0v) is 27.9. The topological polar surface area (TPSA) is 143 Å². The average molecular weight is 688 g/mol. The number of carbonyl (C=O) groups excluding carboxylic acids is 3. The van der Waals surface area contributed by atoms with Crippen LogP contribution in [0.3, 0.4) is 0 Å². The lowest BCUT2D eigenvalue weighted by atomic mass is 10.1. The summed E-state index contributed by atoms with van der Waals surface area (Å²) in [4.78, 5) is 52.4. The Kier molecular flexibility index (Phi) is 11.7. The van der Waals surface area contributed by atoms with Crippen LogP contribution in [0, 0.1) is 0 Å². The number of thioether (sulfide) groups is 1. The monoisotopic (exact) mass is 687 g/mol. The third kappa shape index (κ3) is 9.18. The largest absolute Gasteiger partial charge is 0.497 e. The summed E-state index contributed by atoms with van der Waals surface area (Å²) in [5.41, 5.74) is 2.52. The van der Waals surface area contributed by atoms with Gasteiger partial charge in [0.2, 0.25) is 5.91 Å². The van der Waals surface area contributed by atoms with Crippen molar-refractivity contribution in [3.63, 3.8) is 0 Å². The Morgan fingerprint density at radius 3 is 2.04 bits per heavy atom.